The Morgan fingerprint density at radius 3 is 2.30 bits per heavy atom. The molecule has 0 fully saturated rings. The van der Waals surface area contributed by atoms with Crippen molar-refractivity contribution in [2.75, 3.05) is 16.8 Å². The molecule has 0 heterocycles. The van der Waals surface area contributed by atoms with Gasteiger partial charge in [0.15, 0.2) is 0 Å². The SMILES string of the molecule is Nc1cc(N)cc(C(=O)Nc2c(Cl)cc(F)cc2Br)c1. The van der Waals surface area contributed by atoms with Gasteiger partial charge < -0.3 is 16.8 Å². The minimum absolute atomic E-state index is 0.0853. The predicted molar refractivity (Wildman–Crippen MR) is 82.3 cm³/mol. The third kappa shape index (κ3) is 3.20. The zero-order chi connectivity index (χ0) is 14.9. The van der Waals surface area contributed by atoms with Crippen LogP contribution < -0.4 is 16.8 Å². The number of halogens is 3. The molecule has 4 nitrogen and oxygen atoms in total. The highest BCUT2D eigenvalue weighted by molar-refractivity contribution is 9.10. The van der Waals surface area contributed by atoms with Gasteiger partial charge in [0.2, 0.25) is 0 Å². The summed E-state index contributed by atoms with van der Waals surface area (Å²) in [4.78, 5) is 12.1. The van der Waals surface area contributed by atoms with Crippen LogP contribution in [0.25, 0.3) is 0 Å². The van der Waals surface area contributed by atoms with Crippen molar-refractivity contribution in [3.8, 4) is 0 Å². The first kappa shape index (κ1) is 14.6. The summed E-state index contributed by atoms with van der Waals surface area (Å²) >= 11 is 9.03. The molecule has 5 N–H and O–H groups in total. The number of carbonyl (C=O) groups excluding carboxylic acids is 1. The largest absolute Gasteiger partial charge is 0.399 e. The van der Waals surface area contributed by atoms with Crippen LogP contribution in [0.5, 0.6) is 0 Å². The molecule has 104 valence electrons. The number of carbonyl (C=O) groups is 1. The Kier molecular flexibility index (Phi) is 4.15. The average molecular weight is 359 g/mol. The van der Waals surface area contributed by atoms with Gasteiger partial charge in [0.25, 0.3) is 5.91 Å². The highest BCUT2D eigenvalue weighted by Gasteiger charge is 2.13. The van der Waals surface area contributed by atoms with Crippen LogP contribution >= 0.6 is 27.5 Å². The summed E-state index contributed by atoms with van der Waals surface area (Å²) in [6.07, 6.45) is 0. The summed E-state index contributed by atoms with van der Waals surface area (Å²) in [5.74, 6) is -0.953. The van der Waals surface area contributed by atoms with E-state index in [1.165, 1.54) is 24.3 Å². The maximum Gasteiger partial charge on any atom is 0.255 e. The first-order chi connectivity index (χ1) is 9.36. The molecule has 0 aromatic heterocycles. The quantitative estimate of drug-likeness (QED) is 0.717. The van der Waals surface area contributed by atoms with E-state index in [4.69, 9.17) is 23.1 Å². The van der Waals surface area contributed by atoms with Gasteiger partial charge in [-0.15, -0.1) is 0 Å². The second-order valence-electron chi connectivity index (χ2n) is 4.09. The first-order valence-corrected chi connectivity index (χ1v) is 6.66. The molecule has 2 aromatic carbocycles. The lowest BCUT2D eigenvalue weighted by atomic mass is 10.1. The van der Waals surface area contributed by atoms with Crippen molar-refractivity contribution in [2.24, 2.45) is 0 Å². The highest BCUT2D eigenvalue weighted by Crippen LogP contribution is 2.32. The van der Waals surface area contributed by atoms with Crippen molar-refractivity contribution in [2.45, 2.75) is 0 Å². The molecule has 2 aromatic rings. The van der Waals surface area contributed by atoms with Crippen LogP contribution in [-0.4, -0.2) is 5.91 Å². The van der Waals surface area contributed by atoms with E-state index < -0.39 is 11.7 Å². The lowest BCUT2D eigenvalue weighted by Crippen LogP contribution is -2.13. The normalized spacial score (nSPS) is 10.3. The Morgan fingerprint density at radius 1 is 1.15 bits per heavy atom. The highest BCUT2D eigenvalue weighted by atomic mass is 79.9. The van der Waals surface area contributed by atoms with E-state index in [9.17, 15) is 9.18 Å². The Labute approximate surface area is 128 Å². The fourth-order valence-corrected chi connectivity index (χ4v) is 2.55. The second kappa shape index (κ2) is 5.68. The predicted octanol–water partition coefficient (Wildman–Crippen LogP) is 3.66. The molecular formula is C13H10BrClFN3O. The molecule has 0 atom stereocenters. The van der Waals surface area contributed by atoms with E-state index in [1.807, 2.05) is 0 Å². The monoisotopic (exact) mass is 357 g/mol. The van der Waals surface area contributed by atoms with Gasteiger partial charge in [-0.25, -0.2) is 4.39 Å². The molecular weight excluding hydrogens is 349 g/mol. The van der Waals surface area contributed by atoms with Crippen molar-refractivity contribution < 1.29 is 9.18 Å². The molecule has 1 amide bonds. The number of hydrogen-bond acceptors (Lipinski definition) is 3. The molecule has 0 aliphatic rings. The van der Waals surface area contributed by atoms with Gasteiger partial charge in [-0.2, -0.15) is 0 Å². The Hall–Kier alpha value is -1.79. The van der Waals surface area contributed by atoms with Gasteiger partial charge in [0, 0.05) is 21.4 Å². The summed E-state index contributed by atoms with van der Waals surface area (Å²) < 4.78 is 13.5. The van der Waals surface area contributed by atoms with E-state index >= 15 is 0 Å². The molecule has 0 aliphatic carbocycles. The minimum Gasteiger partial charge on any atom is -0.399 e. The maximum absolute atomic E-state index is 13.1. The smallest absolute Gasteiger partial charge is 0.255 e. The van der Waals surface area contributed by atoms with Crippen molar-refractivity contribution in [1.29, 1.82) is 0 Å². The number of nitrogen functional groups attached to an aromatic ring is 2. The van der Waals surface area contributed by atoms with E-state index in [2.05, 4.69) is 21.2 Å². The van der Waals surface area contributed by atoms with Gasteiger partial charge in [0.05, 0.1) is 10.7 Å². The molecule has 2 rings (SSSR count). The summed E-state index contributed by atoms with van der Waals surface area (Å²) in [6, 6.07) is 6.82. The molecule has 7 heteroatoms. The first-order valence-electron chi connectivity index (χ1n) is 5.49. The Bertz CT molecular complexity index is 650. The zero-order valence-electron chi connectivity index (χ0n) is 10.1. The van der Waals surface area contributed by atoms with E-state index in [-0.39, 0.29) is 16.3 Å². The van der Waals surface area contributed by atoms with Crippen LogP contribution in [0.4, 0.5) is 21.5 Å². The van der Waals surface area contributed by atoms with Crippen molar-refractivity contribution in [3.63, 3.8) is 0 Å². The summed E-state index contributed by atoms with van der Waals surface area (Å²) in [6.45, 7) is 0. The van der Waals surface area contributed by atoms with Crippen LogP contribution in [-0.2, 0) is 0 Å². The molecule has 0 aliphatic heterocycles. The van der Waals surface area contributed by atoms with Crippen LogP contribution in [0, 0.1) is 5.82 Å². The number of benzene rings is 2. The van der Waals surface area contributed by atoms with Gasteiger partial charge in [-0.3, -0.25) is 4.79 Å². The third-order valence-corrected chi connectivity index (χ3v) is 3.41. The molecule has 0 bridgehead atoms. The van der Waals surface area contributed by atoms with Crippen molar-refractivity contribution >= 4 is 50.5 Å². The van der Waals surface area contributed by atoms with Gasteiger partial charge >= 0.3 is 0 Å². The van der Waals surface area contributed by atoms with Crippen LogP contribution in [0.1, 0.15) is 10.4 Å². The minimum atomic E-state index is -0.506. The Morgan fingerprint density at radius 2 is 1.75 bits per heavy atom. The summed E-state index contributed by atoms with van der Waals surface area (Å²) in [5, 5.41) is 2.67. The maximum atomic E-state index is 13.1. The lowest BCUT2D eigenvalue weighted by molar-refractivity contribution is 0.102. The topological polar surface area (TPSA) is 81.1 Å². The fraction of sp³-hybridized carbons (Fsp3) is 0. The molecule has 0 saturated carbocycles. The standard InChI is InChI=1S/C13H10BrClFN3O/c14-10-3-7(16)4-11(15)12(10)19-13(20)6-1-8(17)5-9(18)2-6/h1-5H,17-18H2,(H,19,20). The summed E-state index contributed by atoms with van der Waals surface area (Å²) in [7, 11) is 0. The number of nitrogens with one attached hydrogen (secondary N) is 1. The number of hydrogen-bond donors (Lipinski definition) is 3. The third-order valence-electron chi connectivity index (χ3n) is 2.49. The molecule has 0 unspecified atom stereocenters. The van der Waals surface area contributed by atoms with Crippen LogP contribution in [0.15, 0.2) is 34.8 Å². The number of amides is 1. The van der Waals surface area contributed by atoms with Crippen LogP contribution in [0.3, 0.4) is 0 Å². The molecule has 0 spiro atoms. The van der Waals surface area contributed by atoms with Crippen molar-refractivity contribution in [1.82, 2.24) is 0 Å². The van der Waals surface area contributed by atoms with Gasteiger partial charge in [0.1, 0.15) is 5.82 Å². The lowest BCUT2D eigenvalue weighted by Gasteiger charge is -2.10. The van der Waals surface area contributed by atoms with Gasteiger partial charge in [-0.05, 0) is 46.3 Å². The van der Waals surface area contributed by atoms with Crippen LogP contribution in [0.2, 0.25) is 5.02 Å². The summed E-state index contributed by atoms with van der Waals surface area (Å²) in [5.41, 5.74) is 12.6. The number of anilines is 3. The van der Waals surface area contributed by atoms with Gasteiger partial charge in [-0.1, -0.05) is 11.6 Å². The fourth-order valence-electron chi connectivity index (χ4n) is 1.65. The average Bonchev–Trinajstić information content (AvgIpc) is 2.32. The van der Waals surface area contributed by atoms with Crippen molar-refractivity contribution in [3.05, 3.63) is 51.2 Å². The molecule has 0 saturated heterocycles. The number of nitrogens with two attached hydrogens (primary N) is 2. The van der Waals surface area contributed by atoms with E-state index in [0.717, 1.165) is 6.07 Å². The van der Waals surface area contributed by atoms with E-state index in [1.54, 1.807) is 0 Å². The number of rotatable bonds is 2. The zero-order valence-corrected chi connectivity index (χ0v) is 12.4. The molecule has 0 radical (unpaired) electrons. The molecule has 20 heavy (non-hydrogen) atoms. The Balaban J connectivity index is 2.32. The van der Waals surface area contributed by atoms with E-state index in [0.29, 0.717) is 15.8 Å². The second-order valence-corrected chi connectivity index (χ2v) is 5.35.